The zero-order valence-corrected chi connectivity index (χ0v) is 13.0. The lowest BCUT2D eigenvalue weighted by molar-refractivity contribution is -0.125. The van der Waals surface area contributed by atoms with Gasteiger partial charge in [0.2, 0.25) is 5.91 Å². The number of aliphatic hydroxyl groups is 1. The molecule has 2 atom stereocenters. The van der Waals surface area contributed by atoms with Gasteiger partial charge in [-0.05, 0) is 45.0 Å². The third-order valence-electron chi connectivity index (χ3n) is 3.32. The number of hydrogen-bond acceptors (Lipinski definition) is 3. The van der Waals surface area contributed by atoms with E-state index >= 15 is 0 Å². The molecule has 0 heterocycles. The van der Waals surface area contributed by atoms with Crippen LogP contribution in [0.2, 0.25) is 5.02 Å². The molecule has 0 aliphatic rings. The van der Waals surface area contributed by atoms with Crippen molar-refractivity contribution in [2.75, 3.05) is 13.6 Å². The molecule has 1 rings (SSSR count). The van der Waals surface area contributed by atoms with Gasteiger partial charge in [0.15, 0.2) is 0 Å². The number of hydrogen-bond donors (Lipinski definition) is 2. The molecule has 4 nitrogen and oxygen atoms in total. The highest BCUT2D eigenvalue weighted by molar-refractivity contribution is 6.30. The zero-order valence-electron chi connectivity index (χ0n) is 12.3. The van der Waals surface area contributed by atoms with Gasteiger partial charge < -0.3 is 10.4 Å². The van der Waals surface area contributed by atoms with E-state index in [1.54, 1.807) is 19.1 Å². The van der Waals surface area contributed by atoms with Gasteiger partial charge in [0, 0.05) is 18.1 Å². The average molecular weight is 299 g/mol. The van der Waals surface area contributed by atoms with Crippen molar-refractivity contribution in [3.8, 4) is 0 Å². The van der Waals surface area contributed by atoms with Crippen LogP contribution in [0.15, 0.2) is 24.3 Å². The minimum Gasteiger partial charge on any atom is -0.393 e. The number of likely N-dealkylation sites (N-methyl/N-ethyl adjacent to an activating group) is 1. The summed E-state index contributed by atoms with van der Waals surface area (Å²) >= 11 is 5.81. The van der Waals surface area contributed by atoms with Crippen LogP contribution in [0, 0.1) is 0 Å². The second-order valence-corrected chi connectivity index (χ2v) is 5.57. The highest BCUT2D eigenvalue weighted by Crippen LogP contribution is 2.09. The number of amides is 1. The van der Waals surface area contributed by atoms with E-state index in [0.29, 0.717) is 24.5 Å². The second kappa shape index (κ2) is 8.25. The van der Waals surface area contributed by atoms with Crippen molar-refractivity contribution < 1.29 is 9.90 Å². The standard InChI is InChI=1S/C15H23ClN2O2/c1-11(19)8-9-18(3)12(2)15(20)17-10-13-4-6-14(16)7-5-13/h4-7,11-12,19H,8-10H2,1-3H3,(H,17,20). The first-order valence-corrected chi connectivity index (χ1v) is 7.18. The maximum Gasteiger partial charge on any atom is 0.237 e. The Hall–Kier alpha value is -1.10. The average Bonchev–Trinajstić information content (AvgIpc) is 2.42. The van der Waals surface area contributed by atoms with Crippen molar-refractivity contribution in [1.29, 1.82) is 0 Å². The van der Waals surface area contributed by atoms with Gasteiger partial charge in [0.05, 0.1) is 12.1 Å². The Morgan fingerprint density at radius 1 is 1.35 bits per heavy atom. The summed E-state index contributed by atoms with van der Waals surface area (Å²) in [6, 6.07) is 7.18. The normalized spacial score (nSPS) is 14.1. The van der Waals surface area contributed by atoms with Crippen molar-refractivity contribution in [3.05, 3.63) is 34.9 Å². The van der Waals surface area contributed by atoms with E-state index in [1.165, 1.54) is 0 Å². The first kappa shape index (κ1) is 17.0. The van der Waals surface area contributed by atoms with Gasteiger partial charge in [0.25, 0.3) is 0 Å². The molecular formula is C15H23ClN2O2. The number of nitrogens with zero attached hydrogens (tertiary/aromatic N) is 1. The Bertz CT molecular complexity index is 420. The largest absolute Gasteiger partial charge is 0.393 e. The Kier molecular flexibility index (Phi) is 6.99. The van der Waals surface area contributed by atoms with Crippen molar-refractivity contribution in [2.24, 2.45) is 0 Å². The summed E-state index contributed by atoms with van der Waals surface area (Å²) in [7, 11) is 1.88. The molecule has 2 unspecified atom stereocenters. The van der Waals surface area contributed by atoms with Gasteiger partial charge in [-0.15, -0.1) is 0 Å². The van der Waals surface area contributed by atoms with Crippen molar-refractivity contribution in [1.82, 2.24) is 10.2 Å². The van der Waals surface area contributed by atoms with Crippen molar-refractivity contribution >= 4 is 17.5 Å². The molecule has 1 aromatic rings. The molecule has 0 aromatic heterocycles. The molecule has 1 amide bonds. The van der Waals surface area contributed by atoms with Gasteiger partial charge in [-0.3, -0.25) is 9.69 Å². The summed E-state index contributed by atoms with van der Waals surface area (Å²) in [5.74, 6) is -0.0203. The second-order valence-electron chi connectivity index (χ2n) is 5.14. The van der Waals surface area contributed by atoms with E-state index in [4.69, 9.17) is 11.6 Å². The molecular weight excluding hydrogens is 276 g/mol. The molecule has 0 aliphatic carbocycles. The van der Waals surface area contributed by atoms with Gasteiger partial charge >= 0.3 is 0 Å². The minimum absolute atomic E-state index is 0.0203. The highest BCUT2D eigenvalue weighted by atomic mass is 35.5. The van der Waals surface area contributed by atoms with Crippen molar-refractivity contribution in [3.63, 3.8) is 0 Å². The molecule has 0 bridgehead atoms. The van der Waals surface area contributed by atoms with Gasteiger partial charge in [-0.1, -0.05) is 23.7 Å². The predicted octanol–water partition coefficient (Wildman–Crippen LogP) is 2.05. The van der Waals surface area contributed by atoms with Gasteiger partial charge in [-0.25, -0.2) is 0 Å². The fraction of sp³-hybridized carbons (Fsp3) is 0.533. The molecule has 5 heteroatoms. The monoisotopic (exact) mass is 298 g/mol. The first-order chi connectivity index (χ1) is 9.40. The van der Waals surface area contributed by atoms with Crippen LogP contribution in [-0.4, -0.2) is 41.7 Å². The summed E-state index contributed by atoms with van der Waals surface area (Å²) in [6.07, 6.45) is 0.312. The lowest BCUT2D eigenvalue weighted by atomic mass is 10.2. The Morgan fingerprint density at radius 3 is 2.50 bits per heavy atom. The third kappa shape index (κ3) is 5.90. The number of benzene rings is 1. The number of carbonyl (C=O) groups is 1. The SMILES string of the molecule is CC(O)CCN(C)C(C)C(=O)NCc1ccc(Cl)cc1. The fourth-order valence-corrected chi connectivity index (χ4v) is 1.85. The Balaban J connectivity index is 2.39. The van der Waals surface area contributed by atoms with Crippen LogP contribution >= 0.6 is 11.6 Å². The fourth-order valence-electron chi connectivity index (χ4n) is 1.72. The van der Waals surface area contributed by atoms with Crippen LogP contribution in [-0.2, 0) is 11.3 Å². The Labute approximate surface area is 125 Å². The number of halogens is 1. The number of carbonyl (C=O) groups excluding carboxylic acids is 1. The molecule has 0 radical (unpaired) electrons. The van der Waals surface area contributed by atoms with E-state index in [2.05, 4.69) is 5.32 Å². The van der Waals surface area contributed by atoms with E-state index in [9.17, 15) is 9.90 Å². The maximum absolute atomic E-state index is 12.0. The van der Waals surface area contributed by atoms with Crippen LogP contribution in [0.4, 0.5) is 0 Å². The summed E-state index contributed by atoms with van der Waals surface area (Å²) in [5, 5.41) is 12.8. The van der Waals surface area contributed by atoms with Gasteiger partial charge in [0.1, 0.15) is 0 Å². The predicted molar refractivity (Wildman–Crippen MR) is 81.7 cm³/mol. The highest BCUT2D eigenvalue weighted by Gasteiger charge is 2.17. The molecule has 0 saturated carbocycles. The van der Waals surface area contributed by atoms with E-state index in [0.717, 1.165) is 5.56 Å². The van der Waals surface area contributed by atoms with E-state index in [-0.39, 0.29) is 18.1 Å². The molecule has 0 spiro atoms. The zero-order chi connectivity index (χ0) is 15.1. The molecule has 0 fully saturated rings. The lowest BCUT2D eigenvalue weighted by Gasteiger charge is -2.24. The van der Waals surface area contributed by atoms with Crippen LogP contribution in [0.5, 0.6) is 0 Å². The quantitative estimate of drug-likeness (QED) is 0.810. The summed E-state index contributed by atoms with van der Waals surface area (Å²) in [5.41, 5.74) is 1.02. The summed E-state index contributed by atoms with van der Waals surface area (Å²) in [6.45, 7) is 4.79. The molecule has 2 N–H and O–H groups in total. The third-order valence-corrected chi connectivity index (χ3v) is 3.57. The summed E-state index contributed by atoms with van der Waals surface area (Å²) in [4.78, 5) is 14.0. The molecule has 0 saturated heterocycles. The van der Waals surface area contributed by atoms with Crippen molar-refractivity contribution in [2.45, 2.75) is 39.0 Å². The van der Waals surface area contributed by atoms with E-state index in [1.807, 2.05) is 31.0 Å². The van der Waals surface area contributed by atoms with E-state index < -0.39 is 0 Å². The summed E-state index contributed by atoms with van der Waals surface area (Å²) < 4.78 is 0. The van der Waals surface area contributed by atoms with Gasteiger partial charge in [-0.2, -0.15) is 0 Å². The van der Waals surface area contributed by atoms with Crippen LogP contribution < -0.4 is 5.32 Å². The van der Waals surface area contributed by atoms with Crippen LogP contribution in [0.3, 0.4) is 0 Å². The molecule has 1 aromatic carbocycles. The number of aliphatic hydroxyl groups excluding tert-OH is 1. The maximum atomic E-state index is 12.0. The topological polar surface area (TPSA) is 52.6 Å². The number of nitrogens with one attached hydrogen (secondary N) is 1. The molecule has 0 aliphatic heterocycles. The van der Waals surface area contributed by atoms with Crippen LogP contribution in [0.25, 0.3) is 0 Å². The lowest BCUT2D eigenvalue weighted by Crippen LogP contribution is -2.43. The smallest absolute Gasteiger partial charge is 0.237 e. The van der Waals surface area contributed by atoms with Crippen LogP contribution in [0.1, 0.15) is 25.8 Å². The molecule has 20 heavy (non-hydrogen) atoms. The first-order valence-electron chi connectivity index (χ1n) is 6.80. The minimum atomic E-state index is -0.346. The number of rotatable bonds is 7. The molecule has 112 valence electrons. The Morgan fingerprint density at radius 2 is 1.95 bits per heavy atom.